The molecule has 0 N–H and O–H groups in total. The van der Waals surface area contributed by atoms with E-state index < -0.39 is 0 Å². The summed E-state index contributed by atoms with van der Waals surface area (Å²) < 4.78 is 34.4. The van der Waals surface area contributed by atoms with E-state index in [2.05, 4.69) is 10.1 Å². The second-order valence-electron chi connectivity index (χ2n) is 7.06. The number of halogens is 1. The van der Waals surface area contributed by atoms with Gasteiger partial charge in [-0.3, -0.25) is 4.79 Å². The van der Waals surface area contributed by atoms with E-state index in [4.69, 9.17) is 18.4 Å². The normalized spacial score (nSPS) is 11.2. The van der Waals surface area contributed by atoms with Crippen LogP contribution in [-0.2, 0) is 9.47 Å². The zero-order valence-electron chi connectivity index (χ0n) is 17.7. The number of benzene rings is 2. The van der Waals surface area contributed by atoms with E-state index in [0.29, 0.717) is 65.7 Å². The van der Waals surface area contributed by atoms with Crippen molar-refractivity contribution in [1.29, 1.82) is 0 Å². The van der Waals surface area contributed by atoms with Crippen molar-refractivity contribution in [1.82, 2.24) is 15.0 Å². The number of hydrogen-bond donors (Lipinski definition) is 0. The molecule has 0 bridgehead atoms. The van der Waals surface area contributed by atoms with Crippen LogP contribution >= 0.6 is 0 Å². The molecular formula is C23H22FN3O5. The summed E-state index contributed by atoms with van der Waals surface area (Å²) in [6.07, 6.45) is 1.45. The number of oxazole rings is 1. The fourth-order valence-electron chi connectivity index (χ4n) is 3.26. The molecule has 1 amide bonds. The highest BCUT2D eigenvalue weighted by Crippen LogP contribution is 2.30. The quantitative estimate of drug-likeness (QED) is 0.389. The minimum Gasteiger partial charge on any atom is -0.444 e. The predicted octanol–water partition coefficient (Wildman–Crippen LogP) is 4.02. The molecule has 0 aliphatic carbocycles. The Morgan fingerprint density at radius 1 is 1.06 bits per heavy atom. The van der Waals surface area contributed by atoms with E-state index in [-0.39, 0.29) is 11.7 Å². The first-order valence-corrected chi connectivity index (χ1v) is 9.99. The van der Waals surface area contributed by atoms with Gasteiger partial charge in [-0.15, -0.1) is 0 Å². The van der Waals surface area contributed by atoms with Gasteiger partial charge in [0, 0.05) is 38.4 Å². The molecule has 166 valence electrons. The summed E-state index contributed by atoms with van der Waals surface area (Å²) in [4.78, 5) is 19.2. The summed E-state index contributed by atoms with van der Waals surface area (Å²) >= 11 is 0. The molecule has 2 heterocycles. The predicted molar refractivity (Wildman–Crippen MR) is 115 cm³/mol. The number of ether oxygens (including phenoxy) is 2. The van der Waals surface area contributed by atoms with Gasteiger partial charge in [-0.1, -0.05) is 5.16 Å². The van der Waals surface area contributed by atoms with Crippen LogP contribution in [0.3, 0.4) is 0 Å². The van der Waals surface area contributed by atoms with Crippen LogP contribution in [0.2, 0.25) is 0 Å². The summed E-state index contributed by atoms with van der Waals surface area (Å²) in [5, 5.41) is 4.74. The third kappa shape index (κ3) is 4.53. The molecule has 0 saturated carbocycles. The molecule has 0 radical (unpaired) electrons. The highest BCUT2D eigenvalue weighted by atomic mass is 19.1. The molecule has 4 aromatic rings. The van der Waals surface area contributed by atoms with Crippen LogP contribution in [0.1, 0.15) is 10.4 Å². The maximum Gasteiger partial charge on any atom is 0.254 e. The number of nitrogens with zero attached hydrogens (tertiary/aromatic N) is 3. The van der Waals surface area contributed by atoms with Gasteiger partial charge >= 0.3 is 0 Å². The minimum absolute atomic E-state index is 0.152. The van der Waals surface area contributed by atoms with Gasteiger partial charge in [0.2, 0.25) is 5.89 Å². The molecule has 0 aliphatic rings. The van der Waals surface area contributed by atoms with Gasteiger partial charge in [-0.2, -0.15) is 0 Å². The zero-order chi connectivity index (χ0) is 22.5. The maximum absolute atomic E-state index is 13.2. The van der Waals surface area contributed by atoms with Crippen molar-refractivity contribution in [3.63, 3.8) is 0 Å². The topological polar surface area (TPSA) is 90.8 Å². The van der Waals surface area contributed by atoms with E-state index in [9.17, 15) is 9.18 Å². The van der Waals surface area contributed by atoms with Crippen LogP contribution in [-0.4, -0.2) is 61.5 Å². The molecule has 0 unspecified atom stereocenters. The summed E-state index contributed by atoms with van der Waals surface area (Å²) in [5.41, 5.74) is 2.53. The van der Waals surface area contributed by atoms with Crippen molar-refractivity contribution in [2.45, 2.75) is 0 Å². The smallest absolute Gasteiger partial charge is 0.254 e. The zero-order valence-corrected chi connectivity index (χ0v) is 17.7. The first kappa shape index (κ1) is 21.7. The molecular weight excluding hydrogens is 417 g/mol. The van der Waals surface area contributed by atoms with Crippen molar-refractivity contribution in [2.24, 2.45) is 0 Å². The van der Waals surface area contributed by atoms with Crippen LogP contribution < -0.4 is 0 Å². The number of carbonyl (C=O) groups is 1. The largest absolute Gasteiger partial charge is 0.444 e. The molecule has 9 heteroatoms. The lowest BCUT2D eigenvalue weighted by Gasteiger charge is -2.22. The van der Waals surface area contributed by atoms with E-state index in [1.807, 2.05) is 0 Å². The van der Waals surface area contributed by atoms with Crippen LogP contribution in [0.25, 0.3) is 33.8 Å². The molecule has 8 nitrogen and oxygen atoms in total. The third-order valence-corrected chi connectivity index (χ3v) is 4.97. The number of rotatable bonds is 9. The average molecular weight is 439 g/mol. The lowest BCUT2D eigenvalue weighted by molar-refractivity contribution is 0.0627. The summed E-state index contributed by atoms with van der Waals surface area (Å²) in [7, 11) is 3.18. The molecule has 0 fully saturated rings. The Morgan fingerprint density at radius 3 is 2.47 bits per heavy atom. The number of aromatic nitrogens is 2. The van der Waals surface area contributed by atoms with Crippen LogP contribution in [0.15, 0.2) is 57.7 Å². The van der Waals surface area contributed by atoms with Crippen molar-refractivity contribution in [2.75, 3.05) is 40.5 Å². The average Bonchev–Trinajstić information content (AvgIpc) is 3.46. The van der Waals surface area contributed by atoms with Gasteiger partial charge in [-0.25, -0.2) is 9.37 Å². The number of amides is 1. The summed E-state index contributed by atoms with van der Waals surface area (Å²) in [6.45, 7) is 1.72. The Kier molecular flexibility index (Phi) is 6.58. The standard InChI is InChI=1S/C23H22FN3O5/c1-29-11-9-27(10-12-30-2)23(28)16-5-8-20-18(13-16)21(26-32-20)19-14-31-22(25-19)15-3-6-17(24)7-4-15/h3-8,13-14H,9-12H2,1-2H3. The molecule has 0 saturated heterocycles. The Morgan fingerprint density at radius 2 is 1.78 bits per heavy atom. The maximum atomic E-state index is 13.2. The fourth-order valence-corrected chi connectivity index (χ4v) is 3.26. The highest BCUT2D eigenvalue weighted by molar-refractivity contribution is 6.00. The lowest BCUT2D eigenvalue weighted by atomic mass is 10.1. The number of carbonyl (C=O) groups excluding carboxylic acids is 1. The van der Waals surface area contributed by atoms with Gasteiger partial charge in [0.15, 0.2) is 5.58 Å². The van der Waals surface area contributed by atoms with Gasteiger partial charge < -0.3 is 23.3 Å². The third-order valence-electron chi connectivity index (χ3n) is 4.97. The van der Waals surface area contributed by atoms with Crippen molar-refractivity contribution >= 4 is 16.9 Å². The molecule has 0 aliphatic heterocycles. The molecule has 2 aromatic heterocycles. The van der Waals surface area contributed by atoms with Crippen LogP contribution in [0, 0.1) is 5.82 Å². The van der Waals surface area contributed by atoms with E-state index >= 15 is 0 Å². The summed E-state index contributed by atoms with van der Waals surface area (Å²) in [5.74, 6) is -0.167. The van der Waals surface area contributed by atoms with E-state index in [0.717, 1.165) is 0 Å². The van der Waals surface area contributed by atoms with E-state index in [1.165, 1.54) is 18.4 Å². The first-order valence-electron chi connectivity index (χ1n) is 9.99. The Hall–Kier alpha value is -3.56. The second kappa shape index (κ2) is 9.71. The van der Waals surface area contributed by atoms with E-state index in [1.54, 1.807) is 49.5 Å². The molecule has 0 atom stereocenters. The van der Waals surface area contributed by atoms with Gasteiger partial charge in [-0.05, 0) is 42.5 Å². The molecule has 0 spiro atoms. The molecule has 32 heavy (non-hydrogen) atoms. The van der Waals surface area contributed by atoms with Crippen LogP contribution in [0.4, 0.5) is 4.39 Å². The molecule has 2 aromatic carbocycles. The Labute approximate surface area is 183 Å². The number of methoxy groups -OCH3 is 2. The van der Waals surface area contributed by atoms with Gasteiger partial charge in [0.05, 0.1) is 18.6 Å². The van der Waals surface area contributed by atoms with Gasteiger partial charge in [0.25, 0.3) is 5.91 Å². The molecule has 4 rings (SSSR count). The Bertz CT molecular complexity index is 1190. The monoisotopic (exact) mass is 439 g/mol. The minimum atomic E-state index is -0.342. The summed E-state index contributed by atoms with van der Waals surface area (Å²) in [6, 6.07) is 10.9. The van der Waals surface area contributed by atoms with Crippen LogP contribution in [0.5, 0.6) is 0 Å². The van der Waals surface area contributed by atoms with Gasteiger partial charge in [0.1, 0.15) is 23.5 Å². The van der Waals surface area contributed by atoms with Crippen molar-refractivity contribution in [3.8, 4) is 22.8 Å². The first-order chi connectivity index (χ1) is 15.6. The van der Waals surface area contributed by atoms with Crippen molar-refractivity contribution in [3.05, 3.63) is 60.1 Å². The fraction of sp³-hybridized carbons (Fsp3) is 0.261. The SMILES string of the molecule is COCCN(CCOC)C(=O)c1ccc2onc(-c3coc(-c4ccc(F)cc4)n3)c2c1. The number of fused-ring (bicyclic) bond motifs is 1. The Balaban J connectivity index is 1.64. The highest BCUT2D eigenvalue weighted by Gasteiger charge is 2.20. The number of hydrogen-bond acceptors (Lipinski definition) is 7. The second-order valence-corrected chi connectivity index (χ2v) is 7.06. The van der Waals surface area contributed by atoms with Crippen molar-refractivity contribution < 1.29 is 27.6 Å². The lowest BCUT2D eigenvalue weighted by Crippen LogP contribution is -2.36.